The predicted molar refractivity (Wildman–Crippen MR) is 82.2 cm³/mol. The molecule has 1 saturated heterocycles. The highest BCUT2D eigenvalue weighted by atomic mass is 16.5. The van der Waals surface area contributed by atoms with Crippen molar-refractivity contribution < 1.29 is 9.47 Å². The monoisotopic (exact) mass is 288 g/mol. The maximum atomic E-state index is 5.63. The number of nitrogens with one attached hydrogen (secondary N) is 1. The number of fused-ring (bicyclic) bond motifs is 1. The fraction of sp³-hybridized carbons (Fsp3) is 0.400. The molecule has 6 nitrogen and oxygen atoms in total. The molecule has 3 rings (SSSR count). The number of pyridine rings is 1. The predicted octanol–water partition coefficient (Wildman–Crippen LogP) is 1.36. The molecule has 1 aliphatic rings. The van der Waals surface area contributed by atoms with Crippen LogP contribution < -0.4 is 16.0 Å². The summed E-state index contributed by atoms with van der Waals surface area (Å²) in [5.74, 6) is 7.13. The molecule has 1 aromatic carbocycles. The molecule has 0 spiro atoms. The molecule has 112 valence electrons. The van der Waals surface area contributed by atoms with Gasteiger partial charge in [0, 0.05) is 36.7 Å². The van der Waals surface area contributed by atoms with Crippen molar-refractivity contribution in [3.8, 4) is 5.75 Å². The summed E-state index contributed by atoms with van der Waals surface area (Å²) in [6, 6.07) is 8.00. The van der Waals surface area contributed by atoms with E-state index in [0.29, 0.717) is 5.82 Å². The Kier molecular flexibility index (Phi) is 4.19. The minimum absolute atomic E-state index is 0.710. The fourth-order valence-corrected chi connectivity index (χ4v) is 2.56. The van der Waals surface area contributed by atoms with Gasteiger partial charge in [-0.3, -0.25) is 4.90 Å². The quantitative estimate of drug-likeness (QED) is 0.654. The van der Waals surface area contributed by atoms with Crippen molar-refractivity contribution in [3.63, 3.8) is 0 Å². The van der Waals surface area contributed by atoms with Crippen LogP contribution >= 0.6 is 0 Å². The first-order valence-electron chi connectivity index (χ1n) is 7.04. The lowest BCUT2D eigenvalue weighted by Crippen LogP contribution is -2.36. The minimum atomic E-state index is 0.710. The highest BCUT2D eigenvalue weighted by Gasteiger charge is 2.14. The van der Waals surface area contributed by atoms with Gasteiger partial charge in [-0.1, -0.05) is 0 Å². The SMILES string of the molecule is COc1ccc2cc(CN3CCOCC3)c(NN)nc2c1. The Morgan fingerprint density at radius 2 is 2.14 bits per heavy atom. The van der Waals surface area contributed by atoms with E-state index in [1.165, 1.54) is 0 Å². The number of rotatable bonds is 4. The van der Waals surface area contributed by atoms with Gasteiger partial charge in [0.1, 0.15) is 11.6 Å². The van der Waals surface area contributed by atoms with Crippen LogP contribution in [-0.4, -0.2) is 43.3 Å². The lowest BCUT2D eigenvalue weighted by Gasteiger charge is -2.27. The third kappa shape index (κ3) is 3.07. The Hall–Kier alpha value is -1.89. The van der Waals surface area contributed by atoms with E-state index < -0.39 is 0 Å². The average molecular weight is 288 g/mol. The van der Waals surface area contributed by atoms with Gasteiger partial charge in [-0.25, -0.2) is 10.8 Å². The summed E-state index contributed by atoms with van der Waals surface area (Å²) in [5, 5.41) is 1.08. The van der Waals surface area contributed by atoms with Crippen LogP contribution in [0.5, 0.6) is 5.75 Å². The summed E-state index contributed by atoms with van der Waals surface area (Å²) in [6.07, 6.45) is 0. The van der Waals surface area contributed by atoms with E-state index >= 15 is 0 Å². The summed E-state index contributed by atoms with van der Waals surface area (Å²) in [7, 11) is 1.65. The Bertz CT molecular complexity index is 626. The number of nitrogen functional groups attached to an aromatic ring is 1. The molecular formula is C15H20N4O2. The van der Waals surface area contributed by atoms with Gasteiger partial charge in [-0.05, 0) is 18.2 Å². The minimum Gasteiger partial charge on any atom is -0.497 e. The molecular weight excluding hydrogens is 268 g/mol. The Morgan fingerprint density at radius 3 is 2.86 bits per heavy atom. The van der Waals surface area contributed by atoms with Crippen LogP contribution in [0.1, 0.15) is 5.56 Å². The van der Waals surface area contributed by atoms with Crippen molar-refractivity contribution >= 4 is 16.7 Å². The second kappa shape index (κ2) is 6.26. The number of hydrogen-bond donors (Lipinski definition) is 2. The molecule has 0 atom stereocenters. The molecule has 1 fully saturated rings. The molecule has 0 amide bonds. The number of benzene rings is 1. The smallest absolute Gasteiger partial charge is 0.145 e. The number of ether oxygens (including phenoxy) is 2. The number of nitrogens with zero attached hydrogens (tertiary/aromatic N) is 2. The molecule has 0 saturated carbocycles. The van der Waals surface area contributed by atoms with Crippen LogP contribution in [0.3, 0.4) is 0 Å². The summed E-state index contributed by atoms with van der Waals surface area (Å²) >= 11 is 0. The largest absolute Gasteiger partial charge is 0.497 e. The van der Waals surface area contributed by atoms with Crippen molar-refractivity contribution in [2.75, 3.05) is 38.8 Å². The van der Waals surface area contributed by atoms with Crippen molar-refractivity contribution in [2.24, 2.45) is 5.84 Å². The van der Waals surface area contributed by atoms with Gasteiger partial charge >= 0.3 is 0 Å². The zero-order chi connectivity index (χ0) is 14.7. The molecule has 0 unspecified atom stereocenters. The topological polar surface area (TPSA) is 72.6 Å². The summed E-state index contributed by atoms with van der Waals surface area (Å²) in [5.41, 5.74) is 4.67. The van der Waals surface area contributed by atoms with Gasteiger partial charge in [-0.15, -0.1) is 0 Å². The van der Waals surface area contributed by atoms with E-state index in [-0.39, 0.29) is 0 Å². The first-order chi connectivity index (χ1) is 10.3. The van der Waals surface area contributed by atoms with Gasteiger partial charge < -0.3 is 14.9 Å². The van der Waals surface area contributed by atoms with Gasteiger partial charge in [-0.2, -0.15) is 0 Å². The van der Waals surface area contributed by atoms with Crippen molar-refractivity contribution in [2.45, 2.75) is 6.54 Å². The molecule has 2 aromatic rings. The highest BCUT2D eigenvalue weighted by molar-refractivity contribution is 5.83. The second-order valence-corrected chi connectivity index (χ2v) is 5.09. The van der Waals surface area contributed by atoms with E-state index in [4.69, 9.17) is 15.3 Å². The van der Waals surface area contributed by atoms with Gasteiger partial charge in [0.15, 0.2) is 0 Å². The number of methoxy groups -OCH3 is 1. The van der Waals surface area contributed by atoms with E-state index in [0.717, 1.165) is 55.1 Å². The molecule has 0 aliphatic carbocycles. The van der Waals surface area contributed by atoms with Crippen LogP contribution in [0.4, 0.5) is 5.82 Å². The standard InChI is InChI=1S/C15H20N4O2/c1-20-13-3-2-11-8-12(10-19-4-6-21-7-5-19)15(18-16)17-14(11)9-13/h2-3,8-9H,4-7,10,16H2,1H3,(H,17,18). The van der Waals surface area contributed by atoms with Crippen LogP contribution in [-0.2, 0) is 11.3 Å². The van der Waals surface area contributed by atoms with Gasteiger partial charge in [0.05, 0.1) is 25.8 Å². The first-order valence-corrected chi connectivity index (χ1v) is 7.04. The van der Waals surface area contributed by atoms with Gasteiger partial charge in [0.2, 0.25) is 0 Å². The highest BCUT2D eigenvalue weighted by Crippen LogP contribution is 2.25. The van der Waals surface area contributed by atoms with Crippen LogP contribution in [0.25, 0.3) is 10.9 Å². The molecule has 6 heteroatoms. The number of morpholine rings is 1. The molecule has 0 bridgehead atoms. The fourth-order valence-electron chi connectivity index (χ4n) is 2.56. The summed E-state index contributed by atoms with van der Waals surface area (Å²) in [4.78, 5) is 6.94. The van der Waals surface area contributed by atoms with E-state index in [2.05, 4.69) is 21.4 Å². The third-order valence-electron chi connectivity index (χ3n) is 3.74. The van der Waals surface area contributed by atoms with E-state index in [9.17, 15) is 0 Å². The molecule has 1 aromatic heterocycles. The third-order valence-corrected chi connectivity index (χ3v) is 3.74. The summed E-state index contributed by atoms with van der Waals surface area (Å²) < 4.78 is 10.6. The van der Waals surface area contributed by atoms with Gasteiger partial charge in [0.25, 0.3) is 0 Å². The first kappa shape index (κ1) is 14.1. The summed E-state index contributed by atoms with van der Waals surface area (Å²) in [6.45, 7) is 4.25. The number of anilines is 1. The zero-order valence-corrected chi connectivity index (χ0v) is 12.1. The molecule has 2 heterocycles. The number of nitrogens with two attached hydrogens (primary N) is 1. The number of hydrogen-bond acceptors (Lipinski definition) is 6. The second-order valence-electron chi connectivity index (χ2n) is 5.09. The van der Waals surface area contributed by atoms with Crippen LogP contribution in [0.2, 0.25) is 0 Å². The molecule has 0 radical (unpaired) electrons. The average Bonchev–Trinajstić information content (AvgIpc) is 2.54. The maximum Gasteiger partial charge on any atom is 0.145 e. The molecule has 3 N–H and O–H groups in total. The van der Waals surface area contributed by atoms with Crippen molar-refractivity contribution in [3.05, 3.63) is 29.8 Å². The van der Waals surface area contributed by atoms with E-state index in [1.807, 2.05) is 18.2 Å². The molecule has 21 heavy (non-hydrogen) atoms. The van der Waals surface area contributed by atoms with Crippen LogP contribution in [0, 0.1) is 0 Å². The van der Waals surface area contributed by atoms with Crippen LogP contribution in [0.15, 0.2) is 24.3 Å². The van der Waals surface area contributed by atoms with E-state index in [1.54, 1.807) is 7.11 Å². The molecule has 1 aliphatic heterocycles. The Balaban J connectivity index is 1.93. The number of aromatic nitrogens is 1. The lowest BCUT2D eigenvalue weighted by molar-refractivity contribution is 0.0342. The Morgan fingerprint density at radius 1 is 1.33 bits per heavy atom. The Labute approximate surface area is 123 Å². The van der Waals surface area contributed by atoms with Crippen molar-refractivity contribution in [1.82, 2.24) is 9.88 Å². The zero-order valence-electron chi connectivity index (χ0n) is 12.1. The van der Waals surface area contributed by atoms with Crippen molar-refractivity contribution in [1.29, 1.82) is 0 Å². The number of hydrazine groups is 1. The lowest BCUT2D eigenvalue weighted by atomic mass is 10.1. The maximum absolute atomic E-state index is 5.63. The normalized spacial score (nSPS) is 16.1.